The molecule has 1 fully saturated rings. The Bertz CT molecular complexity index is 730. The fraction of sp³-hybridized carbons (Fsp3) is 0.450. The van der Waals surface area contributed by atoms with Gasteiger partial charge in [0.05, 0.1) is 0 Å². The summed E-state index contributed by atoms with van der Waals surface area (Å²) in [5.74, 6) is 0.348. The first-order valence-electron chi connectivity index (χ1n) is 8.95. The highest BCUT2D eigenvalue weighted by atomic mass is 16.3. The number of piperidine rings is 1. The van der Waals surface area contributed by atoms with Crippen LogP contribution in [0.4, 0.5) is 5.69 Å². The maximum absolute atomic E-state index is 12.4. The maximum Gasteiger partial charge on any atom is 0.272 e. The Hall–Kier alpha value is -2.11. The SMILES string of the molecule is Cc1cc(C)c(C(=O)Nc2cccc(CN3CCC(CO)CC3)c2)[nH]1. The molecule has 1 aromatic heterocycles. The van der Waals surface area contributed by atoms with Gasteiger partial charge >= 0.3 is 0 Å². The number of likely N-dealkylation sites (tertiary alicyclic amines) is 1. The molecule has 3 rings (SSSR count). The molecule has 1 aliphatic rings. The summed E-state index contributed by atoms with van der Waals surface area (Å²) in [6.45, 7) is 7.09. The van der Waals surface area contributed by atoms with Crippen LogP contribution in [0.3, 0.4) is 0 Å². The van der Waals surface area contributed by atoms with Gasteiger partial charge in [0.2, 0.25) is 0 Å². The molecule has 0 bridgehead atoms. The number of aliphatic hydroxyl groups is 1. The van der Waals surface area contributed by atoms with E-state index in [4.69, 9.17) is 0 Å². The fourth-order valence-electron chi connectivity index (χ4n) is 3.49. The lowest BCUT2D eigenvalue weighted by Crippen LogP contribution is -2.34. The summed E-state index contributed by atoms with van der Waals surface area (Å²) in [7, 11) is 0. The Labute approximate surface area is 149 Å². The second kappa shape index (κ2) is 7.85. The highest BCUT2D eigenvalue weighted by molar-refractivity contribution is 6.04. The molecule has 25 heavy (non-hydrogen) atoms. The van der Waals surface area contributed by atoms with Crippen LogP contribution in [0.2, 0.25) is 0 Å². The number of hydrogen-bond acceptors (Lipinski definition) is 3. The van der Waals surface area contributed by atoms with Crippen molar-refractivity contribution in [1.82, 2.24) is 9.88 Å². The van der Waals surface area contributed by atoms with Gasteiger partial charge in [-0.05, 0) is 75.0 Å². The topological polar surface area (TPSA) is 68.4 Å². The molecule has 2 aromatic rings. The minimum atomic E-state index is -0.105. The first-order valence-corrected chi connectivity index (χ1v) is 8.95. The molecule has 2 heterocycles. The average molecular weight is 341 g/mol. The van der Waals surface area contributed by atoms with Gasteiger partial charge in [0.15, 0.2) is 0 Å². The van der Waals surface area contributed by atoms with Gasteiger partial charge in [-0.25, -0.2) is 0 Å². The minimum absolute atomic E-state index is 0.105. The Morgan fingerprint density at radius 1 is 1.28 bits per heavy atom. The third kappa shape index (κ3) is 4.50. The molecule has 0 aliphatic carbocycles. The van der Waals surface area contributed by atoms with Crippen molar-refractivity contribution in [1.29, 1.82) is 0 Å². The first-order chi connectivity index (χ1) is 12.0. The van der Waals surface area contributed by atoms with Gasteiger partial charge in [-0.2, -0.15) is 0 Å². The molecule has 134 valence electrons. The highest BCUT2D eigenvalue weighted by Crippen LogP contribution is 2.20. The predicted molar refractivity (Wildman–Crippen MR) is 99.7 cm³/mol. The zero-order valence-corrected chi connectivity index (χ0v) is 15.0. The van der Waals surface area contributed by atoms with E-state index in [1.54, 1.807) is 0 Å². The zero-order valence-electron chi connectivity index (χ0n) is 15.0. The third-order valence-electron chi connectivity index (χ3n) is 4.93. The van der Waals surface area contributed by atoms with Crippen LogP contribution < -0.4 is 5.32 Å². The lowest BCUT2D eigenvalue weighted by atomic mass is 9.97. The number of aliphatic hydroxyl groups excluding tert-OH is 1. The van der Waals surface area contributed by atoms with E-state index in [0.29, 0.717) is 18.2 Å². The summed E-state index contributed by atoms with van der Waals surface area (Å²) >= 11 is 0. The van der Waals surface area contributed by atoms with Crippen LogP contribution in [0.5, 0.6) is 0 Å². The van der Waals surface area contributed by atoms with E-state index in [1.165, 1.54) is 5.56 Å². The number of carbonyl (C=O) groups is 1. The van der Waals surface area contributed by atoms with Crippen LogP contribution in [0, 0.1) is 19.8 Å². The van der Waals surface area contributed by atoms with Crippen molar-refractivity contribution in [3.8, 4) is 0 Å². The number of aromatic amines is 1. The number of amides is 1. The summed E-state index contributed by atoms with van der Waals surface area (Å²) in [6, 6.07) is 10.0. The number of benzene rings is 1. The smallest absolute Gasteiger partial charge is 0.272 e. The molecule has 1 amide bonds. The van der Waals surface area contributed by atoms with E-state index >= 15 is 0 Å². The van der Waals surface area contributed by atoms with Crippen molar-refractivity contribution in [2.75, 3.05) is 25.0 Å². The van der Waals surface area contributed by atoms with E-state index in [2.05, 4.69) is 21.3 Å². The third-order valence-corrected chi connectivity index (χ3v) is 4.93. The van der Waals surface area contributed by atoms with Crippen LogP contribution in [-0.2, 0) is 6.54 Å². The van der Waals surface area contributed by atoms with Gasteiger partial charge < -0.3 is 15.4 Å². The summed E-state index contributed by atoms with van der Waals surface area (Å²) in [4.78, 5) is 18.0. The van der Waals surface area contributed by atoms with Gasteiger partial charge in [0, 0.05) is 24.5 Å². The molecule has 0 spiro atoms. The molecule has 5 nitrogen and oxygen atoms in total. The minimum Gasteiger partial charge on any atom is -0.396 e. The Morgan fingerprint density at radius 3 is 2.68 bits per heavy atom. The van der Waals surface area contributed by atoms with Crippen LogP contribution in [-0.4, -0.2) is 40.6 Å². The van der Waals surface area contributed by atoms with Crippen molar-refractivity contribution in [3.05, 3.63) is 52.8 Å². The van der Waals surface area contributed by atoms with Gasteiger partial charge in [0.1, 0.15) is 5.69 Å². The summed E-state index contributed by atoms with van der Waals surface area (Å²) < 4.78 is 0. The quantitative estimate of drug-likeness (QED) is 0.783. The zero-order chi connectivity index (χ0) is 17.8. The molecular formula is C20H27N3O2. The van der Waals surface area contributed by atoms with Gasteiger partial charge in [0.25, 0.3) is 5.91 Å². The summed E-state index contributed by atoms with van der Waals surface area (Å²) in [5, 5.41) is 12.2. The number of H-pyrrole nitrogens is 1. The molecule has 0 saturated carbocycles. The van der Waals surface area contributed by atoms with Gasteiger partial charge in [-0.1, -0.05) is 12.1 Å². The Balaban J connectivity index is 1.62. The van der Waals surface area contributed by atoms with Crippen molar-refractivity contribution in [2.24, 2.45) is 5.92 Å². The summed E-state index contributed by atoms with van der Waals surface area (Å²) in [6.07, 6.45) is 2.11. The lowest BCUT2D eigenvalue weighted by molar-refractivity contribution is 0.102. The molecule has 5 heteroatoms. The number of aryl methyl sites for hydroxylation is 2. The van der Waals surface area contributed by atoms with E-state index in [1.807, 2.05) is 38.1 Å². The molecule has 1 saturated heterocycles. The first kappa shape index (κ1) is 17.7. The second-order valence-corrected chi connectivity index (χ2v) is 7.07. The monoisotopic (exact) mass is 341 g/mol. The van der Waals surface area contributed by atoms with Crippen LogP contribution in [0.15, 0.2) is 30.3 Å². The largest absolute Gasteiger partial charge is 0.396 e. The summed E-state index contributed by atoms with van der Waals surface area (Å²) in [5.41, 5.74) is 4.58. The molecular weight excluding hydrogens is 314 g/mol. The van der Waals surface area contributed by atoms with Crippen molar-refractivity contribution in [3.63, 3.8) is 0 Å². The standard InChI is InChI=1S/C20H27N3O2/c1-14-10-15(2)21-19(14)20(25)22-18-5-3-4-17(11-18)12-23-8-6-16(13-24)7-9-23/h3-5,10-11,16,21,24H,6-9,12-13H2,1-2H3,(H,22,25). The van der Waals surface area contributed by atoms with E-state index in [-0.39, 0.29) is 5.91 Å². The molecule has 1 aromatic carbocycles. The van der Waals surface area contributed by atoms with Crippen LogP contribution in [0.1, 0.15) is 40.2 Å². The van der Waals surface area contributed by atoms with Gasteiger partial charge in [-0.15, -0.1) is 0 Å². The normalized spacial score (nSPS) is 16.1. The lowest BCUT2D eigenvalue weighted by Gasteiger charge is -2.31. The fourth-order valence-corrected chi connectivity index (χ4v) is 3.49. The number of nitrogens with zero attached hydrogens (tertiary/aromatic N) is 1. The maximum atomic E-state index is 12.4. The number of aromatic nitrogens is 1. The number of anilines is 1. The number of hydrogen-bond donors (Lipinski definition) is 3. The molecule has 1 aliphatic heterocycles. The molecule has 0 radical (unpaired) electrons. The number of carbonyl (C=O) groups excluding carboxylic acids is 1. The predicted octanol–water partition coefficient (Wildman–Crippen LogP) is 3.09. The van der Waals surface area contributed by atoms with Crippen LogP contribution in [0.25, 0.3) is 0 Å². The average Bonchev–Trinajstić information content (AvgIpc) is 2.94. The number of nitrogens with one attached hydrogen (secondary N) is 2. The Kier molecular flexibility index (Phi) is 5.56. The number of rotatable bonds is 5. The van der Waals surface area contributed by atoms with E-state index in [9.17, 15) is 9.90 Å². The Morgan fingerprint density at radius 2 is 2.04 bits per heavy atom. The van der Waals surface area contributed by atoms with Crippen molar-refractivity contribution >= 4 is 11.6 Å². The van der Waals surface area contributed by atoms with Crippen LogP contribution >= 0.6 is 0 Å². The van der Waals surface area contributed by atoms with Crippen molar-refractivity contribution < 1.29 is 9.90 Å². The van der Waals surface area contributed by atoms with Gasteiger partial charge in [-0.3, -0.25) is 9.69 Å². The highest BCUT2D eigenvalue weighted by Gasteiger charge is 2.18. The van der Waals surface area contributed by atoms with E-state index in [0.717, 1.165) is 49.4 Å². The van der Waals surface area contributed by atoms with Crippen molar-refractivity contribution in [2.45, 2.75) is 33.2 Å². The van der Waals surface area contributed by atoms with E-state index < -0.39 is 0 Å². The molecule has 0 atom stereocenters. The second-order valence-electron chi connectivity index (χ2n) is 7.07. The molecule has 3 N–H and O–H groups in total. The molecule has 0 unspecified atom stereocenters.